The van der Waals surface area contributed by atoms with Crippen LogP contribution in [0.5, 0.6) is 0 Å². The van der Waals surface area contributed by atoms with E-state index < -0.39 is 20.0 Å². The van der Waals surface area contributed by atoms with Crippen molar-refractivity contribution in [3.8, 4) is 0 Å². The second-order valence-corrected chi connectivity index (χ2v) is 2.46. The fourth-order valence-corrected chi connectivity index (χ4v) is 1.11. The third-order valence-corrected chi connectivity index (χ3v) is 1.79. The van der Waals surface area contributed by atoms with Crippen molar-refractivity contribution in [2.45, 2.75) is 20.0 Å². The second kappa shape index (κ2) is 4.14. The fraction of sp³-hybridized carbons (Fsp3) is 0.333. The van der Waals surface area contributed by atoms with Crippen molar-refractivity contribution in [3.05, 3.63) is 34.9 Å². The highest BCUT2D eigenvalue weighted by molar-refractivity contribution is 5.34. The van der Waals surface area contributed by atoms with Gasteiger partial charge in [0, 0.05) is 0 Å². The monoisotopic (exact) mass is 174 g/mol. The Balaban J connectivity index is 3.13. The molecule has 12 heavy (non-hydrogen) atoms. The summed E-state index contributed by atoms with van der Waals surface area (Å²) in [6.45, 7) is -2.29. The van der Waals surface area contributed by atoms with E-state index in [-0.39, 0.29) is 16.7 Å². The molecule has 0 saturated carbocycles. The van der Waals surface area contributed by atoms with Crippen molar-refractivity contribution in [3.63, 3.8) is 0 Å². The number of hydrogen-bond donors (Lipinski definition) is 0. The Morgan fingerprint density at radius 2 is 1.33 bits per heavy atom. The van der Waals surface area contributed by atoms with Crippen LogP contribution in [-0.2, 0) is 20.0 Å². The first-order chi connectivity index (χ1) is 5.83. The quantitative estimate of drug-likeness (QED) is 0.660. The smallest absolute Gasteiger partial charge is 0.115 e. The molecule has 0 radical (unpaired) electrons. The van der Waals surface area contributed by atoms with Crippen LogP contribution >= 0.6 is 0 Å². The van der Waals surface area contributed by atoms with Gasteiger partial charge in [-0.05, 0) is 16.7 Å². The maximum atomic E-state index is 12.3. The molecule has 0 N–H and O–H groups in total. The molecule has 1 aromatic rings. The summed E-state index contributed by atoms with van der Waals surface area (Å²) in [5.74, 6) is 0. The molecule has 0 atom stereocenters. The van der Waals surface area contributed by atoms with Gasteiger partial charge < -0.3 is 0 Å². The molecule has 0 saturated heterocycles. The minimum absolute atomic E-state index is 0.155. The van der Waals surface area contributed by atoms with E-state index >= 15 is 0 Å². The predicted octanol–water partition coefficient (Wildman–Crippen LogP) is 3.10. The Morgan fingerprint density at radius 1 is 0.833 bits per heavy atom. The lowest BCUT2D eigenvalue weighted by Crippen LogP contribution is -1.95. The topological polar surface area (TPSA) is 0 Å². The van der Waals surface area contributed by atoms with Gasteiger partial charge in [-0.25, -0.2) is 13.2 Å². The highest BCUT2D eigenvalue weighted by Crippen LogP contribution is 2.18. The minimum atomic E-state index is -0.806. The third-order valence-electron chi connectivity index (χ3n) is 1.79. The van der Waals surface area contributed by atoms with E-state index in [4.69, 9.17) is 0 Å². The molecular formula is C9H9F3. The summed E-state index contributed by atoms with van der Waals surface area (Å²) in [6.07, 6.45) is 0. The van der Waals surface area contributed by atoms with Crippen LogP contribution in [0, 0.1) is 0 Å². The number of hydrogen-bond acceptors (Lipinski definition) is 0. The molecule has 1 aromatic carbocycles. The Bertz CT molecular complexity index is 236. The van der Waals surface area contributed by atoms with Crippen LogP contribution in [0.1, 0.15) is 16.7 Å². The first-order valence-corrected chi connectivity index (χ1v) is 3.61. The van der Waals surface area contributed by atoms with Gasteiger partial charge >= 0.3 is 0 Å². The van der Waals surface area contributed by atoms with Crippen molar-refractivity contribution in [2.75, 3.05) is 0 Å². The molecular weight excluding hydrogens is 165 g/mol. The molecule has 1 rings (SSSR count). The first-order valence-electron chi connectivity index (χ1n) is 3.61. The van der Waals surface area contributed by atoms with E-state index in [1.807, 2.05) is 0 Å². The zero-order valence-corrected chi connectivity index (χ0v) is 6.49. The predicted molar refractivity (Wildman–Crippen MR) is 40.9 cm³/mol. The van der Waals surface area contributed by atoms with Gasteiger partial charge in [0.1, 0.15) is 20.0 Å². The zero-order chi connectivity index (χ0) is 8.97. The molecule has 0 spiro atoms. The fourth-order valence-electron chi connectivity index (χ4n) is 1.11. The van der Waals surface area contributed by atoms with Crippen molar-refractivity contribution in [1.29, 1.82) is 0 Å². The van der Waals surface area contributed by atoms with Crippen LogP contribution < -0.4 is 0 Å². The molecule has 3 heteroatoms. The van der Waals surface area contributed by atoms with E-state index in [2.05, 4.69) is 0 Å². The van der Waals surface area contributed by atoms with E-state index in [0.717, 1.165) is 0 Å². The number of benzene rings is 1. The van der Waals surface area contributed by atoms with E-state index in [0.29, 0.717) is 0 Å². The summed E-state index contributed by atoms with van der Waals surface area (Å²) < 4.78 is 36.7. The summed E-state index contributed by atoms with van der Waals surface area (Å²) in [5, 5.41) is 0. The van der Waals surface area contributed by atoms with Crippen LogP contribution in [0.2, 0.25) is 0 Å². The standard InChI is InChI=1S/C9H9F3/c10-4-7-2-1-3-8(5-11)9(7)6-12/h1-3H,4-6H2. The van der Waals surface area contributed by atoms with Gasteiger partial charge in [0.25, 0.3) is 0 Å². The Hall–Kier alpha value is -0.990. The molecule has 0 aliphatic rings. The molecule has 0 unspecified atom stereocenters. The van der Waals surface area contributed by atoms with Crippen molar-refractivity contribution in [2.24, 2.45) is 0 Å². The van der Waals surface area contributed by atoms with Crippen LogP contribution in [0.15, 0.2) is 18.2 Å². The largest absolute Gasteiger partial charge is 0.246 e. The summed E-state index contributed by atoms with van der Waals surface area (Å²) in [4.78, 5) is 0. The Labute approximate surface area is 69.0 Å². The van der Waals surface area contributed by atoms with Crippen LogP contribution in [-0.4, -0.2) is 0 Å². The normalized spacial score (nSPS) is 10.2. The molecule has 0 aliphatic heterocycles. The average Bonchev–Trinajstić information content (AvgIpc) is 2.16. The van der Waals surface area contributed by atoms with Crippen LogP contribution in [0.25, 0.3) is 0 Å². The minimum Gasteiger partial charge on any atom is -0.246 e. The lowest BCUT2D eigenvalue weighted by Gasteiger charge is -2.06. The van der Waals surface area contributed by atoms with Gasteiger partial charge in [0.15, 0.2) is 0 Å². The number of rotatable bonds is 3. The van der Waals surface area contributed by atoms with Crippen LogP contribution in [0.4, 0.5) is 13.2 Å². The zero-order valence-electron chi connectivity index (χ0n) is 6.49. The summed E-state index contributed by atoms with van der Waals surface area (Å²) in [6, 6.07) is 4.46. The van der Waals surface area contributed by atoms with Gasteiger partial charge in [0.05, 0.1) is 0 Å². The Morgan fingerprint density at radius 3 is 1.67 bits per heavy atom. The Kier molecular flexibility index (Phi) is 3.14. The van der Waals surface area contributed by atoms with E-state index in [1.165, 1.54) is 18.2 Å². The highest BCUT2D eigenvalue weighted by atomic mass is 19.1. The second-order valence-electron chi connectivity index (χ2n) is 2.46. The highest BCUT2D eigenvalue weighted by Gasteiger charge is 2.06. The number of alkyl halides is 3. The first kappa shape index (κ1) is 9.10. The van der Waals surface area contributed by atoms with Crippen molar-refractivity contribution >= 4 is 0 Å². The lowest BCUT2D eigenvalue weighted by atomic mass is 10.0. The van der Waals surface area contributed by atoms with Crippen LogP contribution in [0.3, 0.4) is 0 Å². The van der Waals surface area contributed by atoms with E-state index in [9.17, 15) is 13.2 Å². The maximum absolute atomic E-state index is 12.3. The molecule has 0 aromatic heterocycles. The summed E-state index contributed by atoms with van der Waals surface area (Å²) in [5.41, 5.74) is 0.641. The van der Waals surface area contributed by atoms with Gasteiger partial charge in [-0.15, -0.1) is 0 Å². The molecule has 66 valence electrons. The molecule has 0 amide bonds. The van der Waals surface area contributed by atoms with Gasteiger partial charge in [-0.3, -0.25) is 0 Å². The summed E-state index contributed by atoms with van der Waals surface area (Å²) >= 11 is 0. The average molecular weight is 174 g/mol. The van der Waals surface area contributed by atoms with E-state index in [1.54, 1.807) is 0 Å². The molecule has 0 bridgehead atoms. The number of halogens is 3. The molecule has 0 fully saturated rings. The third kappa shape index (κ3) is 1.60. The summed E-state index contributed by atoms with van der Waals surface area (Å²) in [7, 11) is 0. The van der Waals surface area contributed by atoms with Crippen molar-refractivity contribution < 1.29 is 13.2 Å². The molecule has 0 heterocycles. The van der Waals surface area contributed by atoms with Gasteiger partial charge in [-0.2, -0.15) is 0 Å². The lowest BCUT2D eigenvalue weighted by molar-refractivity contribution is 0.436. The SMILES string of the molecule is FCc1cccc(CF)c1CF. The van der Waals surface area contributed by atoms with Gasteiger partial charge in [0.2, 0.25) is 0 Å². The van der Waals surface area contributed by atoms with Crippen molar-refractivity contribution in [1.82, 2.24) is 0 Å². The molecule has 0 nitrogen and oxygen atoms in total. The molecule has 0 aliphatic carbocycles. The van der Waals surface area contributed by atoms with Gasteiger partial charge in [-0.1, -0.05) is 18.2 Å². The maximum Gasteiger partial charge on any atom is 0.115 e.